The van der Waals surface area contributed by atoms with Gasteiger partial charge in [-0.25, -0.2) is 0 Å². The molecule has 2 aromatic heterocycles. The van der Waals surface area contributed by atoms with Crippen LogP contribution < -0.4 is 4.74 Å². The van der Waals surface area contributed by atoms with Crippen LogP contribution in [0.2, 0.25) is 0 Å². The van der Waals surface area contributed by atoms with Crippen molar-refractivity contribution in [1.29, 1.82) is 0 Å². The first kappa shape index (κ1) is 20.4. The molecule has 0 fully saturated rings. The maximum Gasteiger partial charge on any atom is 0.122 e. The van der Waals surface area contributed by atoms with Gasteiger partial charge in [0.2, 0.25) is 0 Å². The molecule has 28 heavy (non-hydrogen) atoms. The van der Waals surface area contributed by atoms with Crippen LogP contribution in [0.3, 0.4) is 0 Å². The minimum Gasteiger partial charge on any atom is -0.488 e. The summed E-state index contributed by atoms with van der Waals surface area (Å²) < 4.78 is 5.78. The van der Waals surface area contributed by atoms with Gasteiger partial charge in [-0.15, -0.1) is 22.7 Å². The van der Waals surface area contributed by atoms with Crippen molar-refractivity contribution < 1.29 is 4.74 Å². The summed E-state index contributed by atoms with van der Waals surface area (Å²) in [4.78, 5) is 2.72. The summed E-state index contributed by atoms with van der Waals surface area (Å²) in [6.45, 7) is 4.93. The average Bonchev–Trinajstić information content (AvgIpc) is 3.44. The van der Waals surface area contributed by atoms with Gasteiger partial charge in [0.15, 0.2) is 0 Å². The lowest BCUT2D eigenvalue weighted by Gasteiger charge is -2.07. The number of hydrogen-bond acceptors (Lipinski definition) is 3. The molecule has 0 atom stereocenters. The highest BCUT2D eigenvalue weighted by atomic mass is 32.1. The molecule has 0 aliphatic carbocycles. The third-order valence-electron chi connectivity index (χ3n) is 4.34. The van der Waals surface area contributed by atoms with Gasteiger partial charge in [-0.05, 0) is 65.9 Å². The highest BCUT2D eigenvalue weighted by molar-refractivity contribution is 7.10. The second kappa shape index (κ2) is 10.8. The molecule has 1 nitrogen and oxygen atoms in total. The van der Waals surface area contributed by atoms with Crippen molar-refractivity contribution >= 4 is 22.7 Å². The van der Waals surface area contributed by atoms with E-state index >= 15 is 0 Å². The molecule has 0 radical (unpaired) electrons. The first-order chi connectivity index (χ1) is 13.7. The lowest BCUT2D eigenvalue weighted by Crippen LogP contribution is -1.93. The number of ether oxygens (including phenoxy) is 1. The van der Waals surface area contributed by atoms with Gasteiger partial charge in [0.05, 0.1) is 0 Å². The van der Waals surface area contributed by atoms with Crippen molar-refractivity contribution in [1.82, 2.24) is 0 Å². The molecule has 2 aromatic carbocycles. The number of thiophene rings is 2. The van der Waals surface area contributed by atoms with Gasteiger partial charge in [0, 0.05) is 9.75 Å². The van der Waals surface area contributed by atoms with Crippen molar-refractivity contribution in [2.45, 2.75) is 33.3 Å². The van der Waals surface area contributed by atoms with E-state index in [1.807, 2.05) is 17.4 Å². The largest absolute Gasteiger partial charge is 0.488 e. The molecule has 0 N–H and O–H groups in total. The van der Waals surface area contributed by atoms with Crippen LogP contribution in [0.25, 0.3) is 0 Å². The fourth-order valence-corrected chi connectivity index (χ4v) is 3.98. The summed E-state index contributed by atoms with van der Waals surface area (Å²) >= 11 is 3.55. The van der Waals surface area contributed by atoms with E-state index in [2.05, 4.69) is 91.3 Å². The van der Waals surface area contributed by atoms with Crippen LogP contribution in [0.1, 0.15) is 33.4 Å². The Balaban J connectivity index is 0.000000271. The van der Waals surface area contributed by atoms with E-state index in [1.54, 1.807) is 11.3 Å². The molecule has 0 unspecified atom stereocenters. The molecular formula is C25H26OS2. The molecule has 0 amide bonds. The summed E-state index contributed by atoms with van der Waals surface area (Å²) in [7, 11) is 0. The molecular weight excluding hydrogens is 380 g/mol. The molecule has 0 saturated carbocycles. The van der Waals surface area contributed by atoms with Gasteiger partial charge in [-0.3, -0.25) is 0 Å². The summed E-state index contributed by atoms with van der Waals surface area (Å²) in [5.41, 5.74) is 3.95. The minimum absolute atomic E-state index is 0.648. The van der Waals surface area contributed by atoms with Gasteiger partial charge in [0.25, 0.3) is 0 Å². The molecule has 0 saturated heterocycles. The molecule has 3 heteroatoms. The lowest BCUT2D eigenvalue weighted by molar-refractivity contribution is 0.310. The number of benzene rings is 2. The topological polar surface area (TPSA) is 9.23 Å². The van der Waals surface area contributed by atoms with Crippen LogP contribution in [-0.2, 0) is 19.4 Å². The second-order valence-corrected chi connectivity index (χ2v) is 8.67. The third kappa shape index (κ3) is 6.66. The zero-order valence-corrected chi connectivity index (χ0v) is 18.1. The first-order valence-electron chi connectivity index (χ1n) is 9.55. The summed E-state index contributed by atoms with van der Waals surface area (Å²) in [6.07, 6.45) is 2.14. The Morgan fingerprint density at radius 2 is 1.29 bits per heavy atom. The Morgan fingerprint density at radius 3 is 1.79 bits per heavy atom. The van der Waals surface area contributed by atoms with Gasteiger partial charge in [0.1, 0.15) is 12.4 Å². The fraction of sp³-hybridized carbons (Fsp3) is 0.200. The number of hydrogen-bond donors (Lipinski definition) is 0. The summed E-state index contributed by atoms with van der Waals surface area (Å²) in [6, 6.07) is 25.5. The second-order valence-electron chi connectivity index (χ2n) is 6.61. The van der Waals surface area contributed by atoms with E-state index in [0.29, 0.717) is 6.61 Å². The quantitative estimate of drug-likeness (QED) is 0.321. The van der Waals surface area contributed by atoms with Crippen molar-refractivity contribution in [3.05, 3.63) is 110 Å². The van der Waals surface area contributed by atoms with Crippen molar-refractivity contribution in [3.8, 4) is 5.75 Å². The maximum absolute atomic E-state index is 5.78. The molecule has 0 aliphatic rings. The number of rotatable bonds is 6. The van der Waals surface area contributed by atoms with Crippen LogP contribution in [0.4, 0.5) is 0 Å². The predicted octanol–water partition coefficient (Wildman–Crippen LogP) is 7.54. The highest BCUT2D eigenvalue weighted by Crippen LogP contribution is 2.18. The molecule has 0 bridgehead atoms. The lowest BCUT2D eigenvalue weighted by atomic mass is 10.0. The Hall–Kier alpha value is -2.36. The van der Waals surface area contributed by atoms with Crippen molar-refractivity contribution in [2.75, 3.05) is 0 Å². The van der Waals surface area contributed by atoms with Crippen molar-refractivity contribution in [2.24, 2.45) is 0 Å². The molecule has 144 valence electrons. The van der Waals surface area contributed by atoms with Gasteiger partial charge in [-0.2, -0.15) is 0 Å². The van der Waals surface area contributed by atoms with E-state index < -0.39 is 0 Å². The van der Waals surface area contributed by atoms with Crippen LogP contribution >= 0.6 is 22.7 Å². The average molecular weight is 407 g/mol. The summed E-state index contributed by atoms with van der Waals surface area (Å²) in [5, 5.41) is 4.18. The Bertz CT molecular complexity index is 906. The van der Waals surface area contributed by atoms with E-state index in [9.17, 15) is 0 Å². The van der Waals surface area contributed by atoms with Gasteiger partial charge >= 0.3 is 0 Å². The standard InChI is InChI=1S/C19H18OS.C6H8S/c1-15-4-6-16(7-5-15)13-17-8-10-18(11-9-17)20-14-19-3-2-12-21-19;1-2-6-4-3-5-7-6/h2-12H,13-14H2,1H3;3-5H,2H2,1H3. The van der Waals surface area contributed by atoms with Crippen LogP contribution in [-0.4, -0.2) is 0 Å². The highest BCUT2D eigenvalue weighted by Gasteiger charge is 1.99. The Morgan fingerprint density at radius 1 is 0.714 bits per heavy atom. The predicted molar refractivity (Wildman–Crippen MR) is 123 cm³/mol. The molecule has 4 rings (SSSR count). The molecule has 0 spiro atoms. The Labute approximate surface area is 176 Å². The number of aryl methyl sites for hydroxylation is 2. The van der Waals surface area contributed by atoms with E-state index in [-0.39, 0.29) is 0 Å². The fourth-order valence-electron chi connectivity index (χ4n) is 2.71. The van der Waals surface area contributed by atoms with Crippen molar-refractivity contribution in [3.63, 3.8) is 0 Å². The third-order valence-corrected chi connectivity index (χ3v) is 6.21. The zero-order chi connectivity index (χ0) is 19.6. The zero-order valence-electron chi connectivity index (χ0n) is 16.4. The molecule has 0 aliphatic heterocycles. The van der Waals surface area contributed by atoms with Gasteiger partial charge < -0.3 is 4.74 Å². The van der Waals surface area contributed by atoms with Crippen LogP contribution in [0.5, 0.6) is 5.75 Å². The molecule has 2 heterocycles. The first-order valence-corrected chi connectivity index (χ1v) is 11.3. The minimum atomic E-state index is 0.648. The SMILES string of the molecule is CCc1cccs1.Cc1ccc(Cc2ccc(OCc3cccs3)cc2)cc1. The van der Waals surface area contributed by atoms with Crippen LogP contribution in [0, 0.1) is 6.92 Å². The normalized spacial score (nSPS) is 10.2. The maximum atomic E-state index is 5.78. The monoisotopic (exact) mass is 406 g/mol. The van der Waals surface area contributed by atoms with Crippen LogP contribution in [0.15, 0.2) is 83.6 Å². The Kier molecular flexibility index (Phi) is 7.89. The van der Waals surface area contributed by atoms with E-state index in [1.165, 1.54) is 32.9 Å². The van der Waals surface area contributed by atoms with E-state index in [4.69, 9.17) is 4.74 Å². The smallest absolute Gasteiger partial charge is 0.122 e. The summed E-state index contributed by atoms with van der Waals surface area (Å²) in [5.74, 6) is 0.927. The molecule has 4 aromatic rings. The van der Waals surface area contributed by atoms with Gasteiger partial charge in [-0.1, -0.05) is 61.0 Å². The van der Waals surface area contributed by atoms with E-state index in [0.717, 1.165) is 12.2 Å².